The minimum atomic E-state index is 0.793. The molecular weight excluding hydrogens is 320 g/mol. The minimum Gasteiger partial charge on any atom is -0.399 e. The van der Waals surface area contributed by atoms with Gasteiger partial charge in [0, 0.05) is 10.2 Å². The number of fused-ring (bicyclic) bond motifs is 1. The van der Waals surface area contributed by atoms with E-state index in [9.17, 15) is 0 Å². The molecule has 1 aliphatic carbocycles. The normalized spacial score (nSPS) is 23.0. The second kappa shape index (κ2) is 5.31. The van der Waals surface area contributed by atoms with Gasteiger partial charge < -0.3 is 5.73 Å². The zero-order chi connectivity index (χ0) is 13.2. The number of halogens is 1. The third-order valence-corrected chi connectivity index (χ3v) is 4.58. The van der Waals surface area contributed by atoms with E-state index in [0.29, 0.717) is 0 Å². The Labute approximate surface area is 124 Å². The number of allylic oxidation sites excluding steroid dienone is 5. The Bertz CT molecular complexity index is 710. The Morgan fingerprint density at radius 2 is 2.16 bits per heavy atom. The molecular formula is C15H13BrN2S. The summed E-state index contributed by atoms with van der Waals surface area (Å²) in [7, 11) is 0. The number of hydrogen-bond acceptors (Lipinski definition) is 3. The lowest BCUT2D eigenvalue weighted by molar-refractivity contribution is 1.06. The maximum atomic E-state index is 5.85. The van der Waals surface area contributed by atoms with Crippen molar-refractivity contribution in [1.82, 2.24) is 4.98 Å². The number of hydrogen-bond donors (Lipinski definition) is 1. The highest BCUT2D eigenvalue weighted by atomic mass is 79.9. The van der Waals surface area contributed by atoms with E-state index in [2.05, 4.69) is 34.1 Å². The number of rotatable bonds is 1. The van der Waals surface area contributed by atoms with Crippen LogP contribution in [0.1, 0.15) is 17.8 Å². The molecule has 3 rings (SSSR count). The average molecular weight is 333 g/mol. The fraction of sp³-hybridized carbons (Fsp3) is 0.133. The summed E-state index contributed by atoms with van der Waals surface area (Å²) >= 11 is 5.23. The van der Waals surface area contributed by atoms with Crippen molar-refractivity contribution in [3.63, 3.8) is 0 Å². The maximum absolute atomic E-state index is 5.85. The van der Waals surface area contributed by atoms with Crippen LogP contribution in [0.2, 0.25) is 0 Å². The summed E-state index contributed by atoms with van der Waals surface area (Å²) in [6.45, 7) is 0. The molecule has 2 aromatic rings. The largest absolute Gasteiger partial charge is 0.399 e. The van der Waals surface area contributed by atoms with E-state index in [-0.39, 0.29) is 0 Å². The molecule has 2 N–H and O–H groups in total. The molecule has 0 saturated heterocycles. The first-order valence-corrected chi connectivity index (χ1v) is 7.73. The molecule has 1 heterocycles. The molecule has 0 atom stereocenters. The fourth-order valence-electron chi connectivity index (χ4n) is 2.01. The Kier molecular flexibility index (Phi) is 3.53. The quantitative estimate of drug-likeness (QED) is 0.826. The van der Waals surface area contributed by atoms with E-state index < -0.39 is 0 Å². The highest BCUT2D eigenvalue weighted by Gasteiger charge is 2.09. The summed E-state index contributed by atoms with van der Waals surface area (Å²) in [6.07, 6.45) is 10.1. The highest BCUT2D eigenvalue weighted by Crippen LogP contribution is 2.31. The summed E-state index contributed by atoms with van der Waals surface area (Å²) in [6, 6.07) is 6.19. The van der Waals surface area contributed by atoms with E-state index in [1.54, 1.807) is 11.3 Å². The third-order valence-electron chi connectivity index (χ3n) is 2.99. The van der Waals surface area contributed by atoms with E-state index >= 15 is 0 Å². The van der Waals surface area contributed by atoms with Crippen LogP contribution in [0.25, 0.3) is 15.8 Å². The summed E-state index contributed by atoms with van der Waals surface area (Å²) in [5.41, 5.74) is 8.95. The fourth-order valence-corrected chi connectivity index (χ4v) is 3.58. The lowest BCUT2D eigenvalue weighted by atomic mass is 10.1. The first kappa shape index (κ1) is 12.6. The molecule has 0 radical (unpaired) electrons. The van der Waals surface area contributed by atoms with Crippen LogP contribution >= 0.6 is 27.3 Å². The van der Waals surface area contributed by atoms with Gasteiger partial charge in [0.25, 0.3) is 0 Å². The molecule has 0 bridgehead atoms. The monoisotopic (exact) mass is 332 g/mol. The zero-order valence-electron chi connectivity index (χ0n) is 10.3. The number of aromatic nitrogens is 1. The van der Waals surface area contributed by atoms with Gasteiger partial charge in [0.1, 0.15) is 5.01 Å². The predicted molar refractivity (Wildman–Crippen MR) is 85.9 cm³/mol. The van der Waals surface area contributed by atoms with E-state index in [4.69, 9.17) is 10.7 Å². The van der Waals surface area contributed by atoms with Gasteiger partial charge in [-0.25, -0.2) is 4.98 Å². The van der Waals surface area contributed by atoms with Crippen molar-refractivity contribution < 1.29 is 0 Å². The van der Waals surface area contributed by atoms with Crippen molar-refractivity contribution in [2.75, 3.05) is 0 Å². The van der Waals surface area contributed by atoms with Gasteiger partial charge in [-0.1, -0.05) is 28.1 Å². The van der Waals surface area contributed by atoms with Crippen molar-refractivity contribution in [3.05, 3.63) is 57.7 Å². The van der Waals surface area contributed by atoms with Gasteiger partial charge in [0.2, 0.25) is 0 Å². The summed E-state index contributed by atoms with van der Waals surface area (Å²) in [5, 5.41) is 1.09. The molecule has 19 heavy (non-hydrogen) atoms. The summed E-state index contributed by atoms with van der Waals surface area (Å²) in [5.74, 6) is 0. The molecule has 1 aromatic carbocycles. The molecule has 1 aliphatic rings. The molecule has 0 saturated carbocycles. The van der Waals surface area contributed by atoms with Gasteiger partial charge in [-0.2, -0.15) is 0 Å². The van der Waals surface area contributed by atoms with Crippen molar-refractivity contribution in [2.45, 2.75) is 12.8 Å². The number of nitrogens with zero attached hydrogens (tertiary/aromatic N) is 1. The van der Waals surface area contributed by atoms with Crippen LogP contribution in [-0.4, -0.2) is 4.98 Å². The second-order valence-electron chi connectivity index (χ2n) is 4.43. The standard InChI is InChI=1S/C15H13BrN2S/c16-11-6-8-13-14(9-11)19-15(18-13)10-3-1-2-4-12(17)7-5-10/h2,4-9H,1,3,17H2/b4-2-,10-5+,12-7+. The smallest absolute Gasteiger partial charge is 0.120 e. The van der Waals surface area contributed by atoms with Crippen LogP contribution in [0, 0.1) is 0 Å². The summed E-state index contributed by atoms with van der Waals surface area (Å²) in [4.78, 5) is 4.71. The van der Waals surface area contributed by atoms with Crippen molar-refractivity contribution in [2.24, 2.45) is 5.73 Å². The molecule has 0 amide bonds. The van der Waals surface area contributed by atoms with Crippen LogP contribution in [-0.2, 0) is 0 Å². The van der Waals surface area contributed by atoms with Crippen LogP contribution < -0.4 is 5.73 Å². The van der Waals surface area contributed by atoms with Crippen LogP contribution in [0.4, 0.5) is 0 Å². The van der Waals surface area contributed by atoms with Crippen molar-refractivity contribution >= 4 is 43.1 Å². The molecule has 2 nitrogen and oxygen atoms in total. The first-order chi connectivity index (χ1) is 9.22. The molecule has 4 heteroatoms. The van der Waals surface area contributed by atoms with E-state index in [1.165, 1.54) is 10.3 Å². The van der Waals surface area contributed by atoms with Gasteiger partial charge >= 0.3 is 0 Å². The Morgan fingerprint density at radius 1 is 1.26 bits per heavy atom. The Balaban J connectivity index is 2.04. The molecule has 0 unspecified atom stereocenters. The van der Waals surface area contributed by atoms with Gasteiger partial charge in [-0.05, 0) is 48.8 Å². The highest BCUT2D eigenvalue weighted by molar-refractivity contribution is 9.10. The SMILES string of the molecule is NC1=C/C=C(/c2nc3ccc(Br)cc3s2)CC/C=C\1. The number of benzene rings is 1. The zero-order valence-corrected chi connectivity index (χ0v) is 12.7. The lowest BCUT2D eigenvalue weighted by Gasteiger charge is -2.03. The van der Waals surface area contributed by atoms with Gasteiger partial charge in [0.15, 0.2) is 0 Å². The molecule has 96 valence electrons. The molecule has 0 aliphatic heterocycles. The van der Waals surface area contributed by atoms with Crippen LogP contribution in [0.3, 0.4) is 0 Å². The topological polar surface area (TPSA) is 38.9 Å². The van der Waals surface area contributed by atoms with Gasteiger partial charge in [0.05, 0.1) is 10.2 Å². The van der Waals surface area contributed by atoms with Crippen molar-refractivity contribution in [3.8, 4) is 0 Å². The molecule has 1 aromatic heterocycles. The lowest BCUT2D eigenvalue weighted by Crippen LogP contribution is -1.94. The maximum Gasteiger partial charge on any atom is 0.120 e. The minimum absolute atomic E-state index is 0.793. The van der Waals surface area contributed by atoms with Crippen LogP contribution in [0.15, 0.2) is 52.7 Å². The van der Waals surface area contributed by atoms with E-state index in [1.807, 2.05) is 24.3 Å². The third kappa shape index (κ3) is 2.80. The number of nitrogens with two attached hydrogens (primary N) is 1. The predicted octanol–water partition coefficient (Wildman–Crippen LogP) is 4.63. The van der Waals surface area contributed by atoms with E-state index in [0.717, 1.165) is 33.5 Å². The molecule has 0 fully saturated rings. The van der Waals surface area contributed by atoms with Gasteiger partial charge in [-0.15, -0.1) is 11.3 Å². The second-order valence-corrected chi connectivity index (χ2v) is 6.38. The molecule has 0 spiro atoms. The van der Waals surface area contributed by atoms with Gasteiger partial charge in [-0.3, -0.25) is 0 Å². The summed E-state index contributed by atoms with van der Waals surface area (Å²) < 4.78 is 2.30. The van der Waals surface area contributed by atoms with Crippen molar-refractivity contribution in [1.29, 1.82) is 0 Å². The first-order valence-electron chi connectivity index (χ1n) is 6.12. The Morgan fingerprint density at radius 3 is 3.05 bits per heavy atom. The average Bonchev–Trinajstić information content (AvgIpc) is 2.77. The van der Waals surface area contributed by atoms with Crippen LogP contribution in [0.5, 0.6) is 0 Å². The number of thiazole rings is 1. The Hall–Kier alpha value is -1.39.